The van der Waals surface area contributed by atoms with Gasteiger partial charge in [-0.3, -0.25) is 0 Å². The van der Waals surface area contributed by atoms with Gasteiger partial charge >= 0.3 is 95.6 Å². The number of rotatable bonds is 2. The molecule has 0 aliphatic heterocycles. The summed E-state index contributed by atoms with van der Waals surface area (Å²) in [5.41, 5.74) is 2.32. The maximum absolute atomic E-state index is 5.30. The van der Waals surface area contributed by atoms with Gasteiger partial charge in [-0.25, -0.2) is 0 Å². The van der Waals surface area contributed by atoms with Gasteiger partial charge in [0, 0.05) is 0 Å². The van der Waals surface area contributed by atoms with Crippen molar-refractivity contribution in [3.63, 3.8) is 0 Å². The minimum atomic E-state index is 0. The number of benzene rings is 2. The first kappa shape index (κ1) is 12.3. The van der Waals surface area contributed by atoms with Crippen LogP contribution in [0.15, 0.2) is 54.6 Å². The second-order valence-electron chi connectivity index (χ2n) is 2.96. The van der Waals surface area contributed by atoms with Crippen LogP contribution in [-0.4, -0.2) is 0 Å². The zero-order valence-corrected chi connectivity index (χ0v) is 10.4. The third-order valence-corrected chi connectivity index (χ3v) is 2.43. The number of hydrogen-bond acceptors (Lipinski definition) is 1. The molecule has 0 saturated heterocycles. The van der Waals surface area contributed by atoms with Gasteiger partial charge in [0.05, 0.1) is 0 Å². The molecule has 0 aliphatic rings. The van der Waals surface area contributed by atoms with Crippen LogP contribution in [0.1, 0.15) is 0 Å². The van der Waals surface area contributed by atoms with Crippen molar-refractivity contribution in [3.8, 4) is 16.9 Å². The summed E-state index contributed by atoms with van der Waals surface area (Å²) in [6.07, 6.45) is 0. The molecule has 0 radical (unpaired) electrons. The Kier molecular flexibility index (Phi) is 4.90. The van der Waals surface area contributed by atoms with Gasteiger partial charge in [-0.2, -0.15) is 0 Å². The fourth-order valence-electron chi connectivity index (χ4n) is 1.41. The van der Waals surface area contributed by atoms with Crippen molar-refractivity contribution in [2.24, 2.45) is 0 Å². The number of hydrogen-bond donors (Lipinski definition) is 0. The molecule has 0 bridgehead atoms. The van der Waals surface area contributed by atoms with Crippen molar-refractivity contribution in [1.29, 1.82) is 0 Å². The van der Waals surface area contributed by atoms with E-state index in [0.717, 1.165) is 11.3 Å². The van der Waals surface area contributed by atoms with Crippen molar-refractivity contribution in [2.75, 3.05) is 0 Å². The molecule has 3 heteroatoms. The first-order chi connectivity index (χ1) is 6.92. The van der Waals surface area contributed by atoms with E-state index >= 15 is 0 Å². The van der Waals surface area contributed by atoms with E-state index in [9.17, 15) is 0 Å². The first-order valence-corrected chi connectivity index (χ1v) is 5.03. The van der Waals surface area contributed by atoms with Crippen LogP contribution in [0.3, 0.4) is 0 Å². The van der Waals surface area contributed by atoms with E-state index in [1.54, 1.807) is 20.8 Å². The Balaban J connectivity index is 0.00000112. The molecular formula is C12H10ClOTi. The summed E-state index contributed by atoms with van der Waals surface area (Å²) in [5, 5.41) is 0. The fraction of sp³-hybridized carbons (Fsp3) is 0. The molecule has 0 amide bonds. The van der Waals surface area contributed by atoms with E-state index in [1.807, 2.05) is 36.4 Å². The molecule has 75 valence electrons. The number of halogens is 1. The molecule has 0 aromatic heterocycles. The van der Waals surface area contributed by atoms with Gasteiger partial charge in [-0.05, 0) is 0 Å². The van der Waals surface area contributed by atoms with Gasteiger partial charge in [-0.15, -0.1) is 12.4 Å². The molecule has 0 heterocycles. The summed E-state index contributed by atoms with van der Waals surface area (Å²) in [7, 11) is 0. The fourth-order valence-corrected chi connectivity index (χ4v) is 1.69. The maximum atomic E-state index is 5.30. The Morgan fingerprint density at radius 3 is 2.07 bits per heavy atom. The van der Waals surface area contributed by atoms with Crippen molar-refractivity contribution in [2.45, 2.75) is 0 Å². The van der Waals surface area contributed by atoms with Crippen molar-refractivity contribution < 1.29 is 24.1 Å². The van der Waals surface area contributed by atoms with Crippen LogP contribution in [0.25, 0.3) is 11.1 Å². The third kappa shape index (κ3) is 2.85. The molecule has 0 saturated carbocycles. The van der Waals surface area contributed by atoms with Crippen molar-refractivity contribution in [3.05, 3.63) is 54.6 Å². The van der Waals surface area contributed by atoms with Gasteiger partial charge < -0.3 is 0 Å². The van der Waals surface area contributed by atoms with Crippen molar-refractivity contribution >= 4 is 12.4 Å². The summed E-state index contributed by atoms with van der Waals surface area (Å²) >= 11 is 1.70. The molecule has 2 aromatic carbocycles. The molecule has 2 rings (SSSR count). The average Bonchev–Trinajstić information content (AvgIpc) is 2.30. The van der Waals surface area contributed by atoms with Gasteiger partial charge in [0.25, 0.3) is 0 Å². The quantitative estimate of drug-likeness (QED) is 0.743. The monoisotopic (exact) mass is 253 g/mol. The second kappa shape index (κ2) is 5.97. The van der Waals surface area contributed by atoms with Crippen LogP contribution >= 0.6 is 12.4 Å². The molecule has 0 atom stereocenters. The van der Waals surface area contributed by atoms with Gasteiger partial charge in [-0.1, -0.05) is 0 Å². The van der Waals surface area contributed by atoms with Gasteiger partial charge in [0.2, 0.25) is 0 Å². The van der Waals surface area contributed by atoms with E-state index in [-0.39, 0.29) is 12.4 Å². The summed E-state index contributed by atoms with van der Waals surface area (Å²) in [6, 6.07) is 18.3. The topological polar surface area (TPSA) is 9.23 Å². The predicted octanol–water partition coefficient (Wildman–Crippen LogP) is 3.62. The van der Waals surface area contributed by atoms with Crippen molar-refractivity contribution in [1.82, 2.24) is 0 Å². The Bertz CT molecular complexity index is 417. The Labute approximate surface area is 108 Å². The zero-order chi connectivity index (χ0) is 9.80. The van der Waals surface area contributed by atoms with Crippen LogP contribution in [-0.2, 0) is 20.8 Å². The van der Waals surface area contributed by atoms with Gasteiger partial charge in [0.15, 0.2) is 0 Å². The second-order valence-corrected chi connectivity index (χ2v) is 3.28. The molecule has 0 aliphatic carbocycles. The molecule has 0 fully saturated rings. The molecular weight excluding hydrogens is 243 g/mol. The first-order valence-electron chi connectivity index (χ1n) is 4.40. The Hall–Kier alpha value is -0.756. The zero-order valence-electron chi connectivity index (χ0n) is 8.01. The van der Waals surface area contributed by atoms with Crippen LogP contribution < -0.4 is 3.32 Å². The summed E-state index contributed by atoms with van der Waals surface area (Å²) in [4.78, 5) is 0. The van der Waals surface area contributed by atoms with Crippen LogP contribution in [0.4, 0.5) is 0 Å². The third-order valence-electron chi connectivity index (χ3n) is 2.08. The van der Waals surface area contributed by atoms with Gasteiger partial charge in [0.1, 0.15) is 0 Å². The summed E-state index contributed by atoms with van der Waals surface area (Å²) < 4.78 is 5.30. The Morgan fingerprint density at radius 2 is 1.40 bits per heavy atom. The summed E-state index contributed by atoms with van der Waals surface area (Å²) in [6.45, 7) is 0. The molecule has 0 N–H and O–H groups in total. The van der Waals surface area contributed by atoms with E-state index in [1.165, 1.54) is 5.56 Å². The molecule has 1 nitrogen and oxygen atoms in total. The summed E-state index contributed by atoms with van der Waals surface area (Å²) in [5.74, 6) is 0.915. The van der Waals surface area contributed by atoms with Crippen LogP contribution in [0.2, 0.25) is 0 Å². The number of para-hydroxylation sites is 1. The average molecular weight is 254 g/mol. The van der Waals surface area contributed by atoms with Crippen LogP contribution in [0, 0.1) is 0 Å². The van der Waals surface area contributed by atoms with Crippen LogP contribution in [0.5, 0.6) is 5.75 Å². The molecule has 2 aromatic rings. The Morgan fingerprint density at radius 1 is 0.800 bits per heavy atom. The van der Waals surface area contributed by atoms with E-state index in [4.69, 9.17) is 3.32 Å². The van der Waals surface area contributed by atoms with E-state index in [2.05, 4.69) is 18.2 Å². The molecule has 15 heavy (non-hydrogen) atoms. The van der Waals surface area contributed by atoms with E-state index in [0.29, 0.717) is 0 Å². The predicted molar refractivity (Wildman–Crippen MR) is 59.8 cm³/mol. The standard InChI is InChI=1S/C12H10O.ClH.Ti/c13-12-9-5-4-8-11(12)10-6-2-1-3-7-10;;/h1-9,13H;1H;/q;;+1/p-1. The molecule has 0 spiro atoms. The normalized spacial score (nSPS) is 9.00. The minimum absolute atomic E-state index is 0. The molecule has 0 unspecified atom stereocenters. The van der Waals surface area contributed by atoms with E-state index < -0.39 is 0 Å². The SMILES string of the molecule is Cl.[Ti][O]c1ccccc1-c1ccccc1.